The van der Waals surface area contributed by atoms with Crippen LogP contribution in [0.4, 0.5) is 0 Å². The third-order valence-corrected chi connectivity index (χ3v) is 10.4. The van der Waals surface area contributed by atoms with Crippen molar-refractivity contribution in [3.8, 4) is 0 Å². The predicted octanol–water partition coefficient (Wildman–Crippen LogP) is 4.43. The number of benzene rings is 1. The molecule has 0 aromatic heterocycles. The number of rotatable bonds is 6. The highest BCUT2D eigenvalue weighted by Crippen LogP contribution is 2.37. The number of hydrogen-bond donors (Lipinski definition) is 1. The van der Waals surface area contributed by atoms with Crippen LogP contribution < -0.4 is 0 Å². The molecule has 1 N–H and O–H groups in total. The van der Waals surface area contributed by atoms with Crippen LogP contribution in [0.3, 0.4) is 0 Å². The van der Waals surface area contributed by atoms with E-state index in [1.807, 2.05) is 0 Å². The molecule has 1 aromatic carbocycles. The van der Waals surface area contributed by atoms with Gasteiger partial charge in [0, 0.05) is 26.2 Å². The van der Waals surface area contributed by atoms with Gasteiger partial charge in [0.2, 0.25) is 0 Å². The van der Waals surface area contributed by atoms with Gasteiger partial charge in [-0.05, 0) is 43.0 Å². The Morgan fingerprint density at radius 1 is 1.12 bits per heavy atom. The first-order chi connectivity index (χ1) is 11.1. The normalized spacial score (nSPS) is 19.4. The molecular weight excluding hydrogens is 314 g/mol. The number of hydrogen-bond acceptors (Lipinski definition) is 3. The lowest BCUT2D eigenvalue weighted by Crippen LogP contribution is -2.46. The van der Waals surface area contributed by atoms with Crippen LogP contribution in [0.2, 0.25) is 18.1 Å². The van der Waals surface area contributed by atoms with Crippen LogP contribution in [0.15, 0.2) is 30.3 Å². The smallest absolute Gasteiger partial charge is 0.191 e. The van der Waals surface area contributed by atoms with Gasteiger partial charge < -0.3 is 9.53 Å². The van der Waals surface area contributed by atoms with E-state index in [0.29, 0.717) is 6.61 Å². The molecule has 0 bridgehead atoms. The van der Waals surface area contributed by atoms with Crippen LogP contribution in [0.1, 0.15) is 45.6 Å². The van der Waals surface area contributed by atoms with Gasteiger partial charge in [0.25, 0.3) is 0 Å². The minimum Gasteiger partial charge on any atom is -0.417 e. The predicted molar refractivity (Wildman–Crippen MR) is 104 cm³/mol. The van der Waals surface area contributed by atoms with Gasteiger partial charge in [-0.15, -0.1) is 0 Å². The molecule has 24 heavy (non-hydrogen) atoms. The summed E-state index contributed by atoms with van der Waals surface area (Å²) in [5, 5.41) is 11.1. The van der Waals surface area contributed by atoms with Crippen LogP contribution in [0.5, 0.6) is 0 Å². The molecule has 4 heteroatoms. The molecule has 0 spiro atoms. The van der Waals surface area contributed by atoms with Crippen molar-refractivity contribution < 1.29 is 9.53 Å². The van der Waals surface area contributed by atoms with E-state index in [-0.39, 0.29) is 5.04 Å². The summed E-state index contributed by atoms with van der Waals surface area (Å²) in [6.45, 7) is 14.9. The summed E-state index contributed by atoms with van der Waals surface area (Å²) in [4.78, 5) is 2.44. The van der Waals surface area contributed by atoms with Crippen molar-refractivity contribution in [2.24, 2.45) is 0 Å². The van der Waals surface area contributed by atoms with Crippen LogP contribution in [0, 0.1) is 0 Å². The van der Waals surface area contributed by atoms with E-state index in [0.717, 1.165) is 38.9 Å². The fourth-order valence-electron chi connectivity index (χ4n) is 2.93. The minimum atomic E-state index is -1.71. The molecule has 0 aliphatic carbocycles. The minimum absolute atomic E-state index is 0.231. The molecule has 0 unspecified atom stereocenters. The number of likely N-dealkylation sites (tertiary alicyclic amines) is 1. The first-order valence-corrected chi connectivity index (χ1v) is 12.1. The molecule has 2 rings (SSSR count). The standard InChI is InChI=1S/C20H35NO2Si/c1-19(2,3)24(4,5)23-16-13-20(22)11-14-21(15-12-20)17-18-9-7-6-8-10-18/h6-10,22H,11-17H2,1-5H3. The Morgan fingerprint density at radius 2 is 1.71 bits per heavy atom. The van der Waals surface area contributed by atoms with Gasteiger partial charge >= 0.3 is 0 Å². The van der Waals surface area contributed by atoms with E-state index in [2.05, 4.69) is 69.1 Å². The molecule has 0 amide bonds. The topological polar surface area (TPSA) is 32.7 Å². The van der Waals surface area contributed by atoms with E-state index in [4.69, 9.17) is 4.43 Å². The zero-order chi connectivity index (χ0) is 17.8. The summed E-state index contributed by atoms with van der Waals surface area (Å²) in [5.74, 6) is 0. The Kier molecular flexibility index (Phi) is 6.29. The summed E-state index contributed by atoms with van der Waals surface area (Å²) in [6, 6.07) is 10.6. The number of piperidine rings is 1. The third kappa shape index (κ3) is 5.41. The molecule has 1 aromatic rings. The summed E-state index contributed by atoms with van der Waals surface area (Å²) in [6.07, 6.45) is 2.46. The fraction of sp³-hybridized carbons (Fsp3) is 0.700. The molecule has 3 nitrogen and oxygen atoms in total. The van der Waals surface area contributed by atoms with Gasteiger partial charge in [-0.3, -0.25) is 4.90 Å². The Labute approximate surface area is 149 Å². The maximum Gasteiger partial charge on any atom is 0.191 e. The van der Waals surface area contributed by atoms with E-state index < -0.39 is 13.9 Å². The number of nitrogens with zero attached hydrogens (tertiary/aromatic N) is 1. The highest BCUT2D eigenvalue weighted by Gasteiger charge is 2.38. The van der Waals surface area contributed by atoms with E-state index in [1.165, 1.54) is 5.56 Å². The molecule has 0 radical (unpaired) electrons. The molecule has 136 valence electrons. The zero-order valence-electron chi connectivity index (χ0n) is 16.1. The second-order valence-corrected chi connectivity index (χ2v) is 13.7. The molecular formula is C20H35NO2Si. The molecule has 1 fully saturated rings. The fourth-order valence-corrected chi connectivity index (χ4v) is 3.98. The van der Waals surface area contributed by atoms with Crippen LogP contribution >= 0.6 is 0 Å². The lowest BCUT2D eigenvalue weighted by Gasteiger charge is -2.40. The van der Waals surface area contributed by atoms with Crippen LogP contribution in [-0.2, 0) is 11.0 Å². The highest BCUT2D eigenvalue weighted by atomic mass is 28.4. The molecule has 1 aliphatic heterocycles. The Balaban J connectivity index is 1.76. The van der Waals surface area contributed by atoms with Crippen LogP contribution in [-0.4, -0.2) is 43.6 Å². The summed E-state index contributed by atoms with van der Waals surface area (Å²) >= 11 is 0. The molecule has 0 atom stereocenters. The van der Waals surface area contributed by atoms with Crippen molar-refractivity contribution in [2.75, 3.05) is 19.7 Å². The van der Waals surface area contributed by atoms with E-state index in [9.17, 15) is 5.11 Å². The Hall–Kier alpha value is -0.683. The quantitative estimate of drug-likeness (QED) is 0.771. The largest absolute Gasteiger partial charge is 0.417 e. The SMILES string of the molecule is CC(C)(C)[Si](C)(C)OCCC1(O)CCN(Cc2ccccc2)CC1. The van der Waals surface area contributed by atoms with Crippen molar-refractivity contribution in [1.29, 1.82) is 0 Å². The maximum atomic E-state index is 10.9. The molecule has 1 aliphatic rings. The van der Waals surface area contributed by atoms with Gasteiger partial charge in [0.1, 0.15) is 0 Å². The summed E-state index contributed by atoms with van der Waals surface area (Å²) in [5.41, 5.74) is 0.805. The van der Waals surface area contributed by atoms with Crippen molar-refractivity contribution in [3.63, 3.8) is 0 Å². The van der Waals surface area contributed by atoms with Gasteiger partial charge in [-0.1, -0.05) is 51.1 Å². The van der Waals surface area contributed by atoms with Crippen molar-refractivity contribution in [1.82, 2.24) is 4.90 Å². The molecule has 1 heterocycles. The monoisotopic (exact) mass is 349 g/mol. The van der Waals surface area contributed by atoms with Crippen LogP contribution in [0.25, 0.3) is 0 Å². The second kappa shape index (κ2) is 7.69. The molecule has 0 saturated carbocycles. The van der Waals surface area contributed by atoms with Crippen molar-refractivity contribution in [3.05, 3.63) is 35.9 Å². The maximum absolute atomic E-state index is 10.9. The van der Waals surface area contributed by atoms with Gasteiger partial charge in [-0.25, -0.2) is 0 Å². The first kappa shape index (κ1) is 19.6. The van der Waals surface area contributed by atoms with Gasteiger partial charge in [0.05, 0.1) is 5.60 Å². The first-order valence-electron chi connectivity index (χ1n) is 9.24. The van der Waals surface area contributed by atoms with Crippen molar-refractivity contribution >= 4 is 8.32 Å². The summed E-state index contributed by atoms with van der Waals surface area (Å²) < 4.78 is 6.25. The second-order valence-electron chi connectivity index (χ2n) is 8.84. The number of aliphatic hydroxyl groups is 1. The summed E-state index contributed by atoms with van der Waals surface area (Å²) in [7, 11) is -1.71. The lowest BCUT2D eigenvalue weighted by molar-refractivity contribution is -0.0378. The van der Waals surface area contributed by atoms with Gasteiger partial charge in [-0.2, -0.15) is 0 Å². The van der Waals surface area contributed by atoms with Crippen molar-refractivity contribution in [2.45, 2.75) is 70.3 Å². The Bertz CT molecular complexity index is 502. The van der Waals surface area contributed by atoms with E-state index >= 15 is 0 Å². The highest BCUT2D eigenvalue weighted by molar-refractivity contribution is 6.74. The van der Waals surface area contributed by atoms with E-state index in [1.54, 1.807) is 0 Å². The third-order valence-electron chi connectivity index (χ3n) is 5.87. The average Bonchev–Trinajstić information content (AvgIpc) is 2.49. The lowest BCUT2D eigenvalue weighted by atomic mass is 9.88. The zero-order valence-corrected chi connectivity index (χ0v) is 17.1. The molecule has 1 saturated heterocycles. The average molecular weight is 350 g/mol. The van der Waals surface area contributed by atoms with Gasteiger partial charge in [0.15, 0.2) is 8.32 Å². The Morgan fingerprint density at radius 3 is 2.25 bits per heavy atom.